The van der Waals surface area contributed by atoms with E-state index >= 15 is 0 Å². The Morgan fingerprint density at radius 1 is 0.900 bits per heavy atom. The van der Waals surface area contributed by atoms with Gasteiger partial charge in [-0.3, -0.25) is 0 Å². The van der Waals surface area contributed by atoms with Crippen molar-refractivity contribution in [2.24, 2.45) is 5.10 Å². The average molecular weight is 417 g/mol. The third kappa shape index (κ3) is 3.60. The maximum absolute atomic E-state index is 13.5. The molecule has 1 unspecified atom stereocenters. The molecule has 1 aliphatic rings. The lowest BCUT2D eigenvalue weighted by Gasteiger charge is -2.10. The van der Waals surface area contributed by atoms with Crippen LogP contribution in [0.25, 0.3) is 16.9 Å². The molecule has 0 radical (unpaired) electrons. The average Bonchev–Trinajstić information content (AvgIpc) is 3.43. The molecule has 0 fully saturated rings. The van der Waals surface area contributed by atoms with E-state index in [1.165, 1.54) is 12.1 Å². The third-order valence-electron chi connectivity index (χ3n) is 5.19. The van der Waals surface area contributed by atoms with Gasteiger partial charge >= 0.3 is 0 Å². The predicted octanol–water partition coefficient (Wildman–Crippen LogP) is 5.77. The van der Waals surface area contributed by atoms with Crippen LogP contribution >= 0.6 is 11.6 Å². The van der Waals surface area contributed by atoms with Gasteiger partial charge in [0.2, 0.25) is 0 Å². The van der Waals surface area contributed by atoms with Crippen molar-refractivity contribution < 1.29 is 4.39 Å². The molecule has 0 amide bonds. The molecule has 1 N–H and O–H groups in total. The molecular formula is C24H18ClFN4. The first kappa shape index (κ1) is 18.6. The summed E-state index contributed by atoms with van der Waals surface area (Å²) in [6, 6.07) is 24.0. The normalized spacial score (nSPS) is 15.7. The highest BCUT2D eigenvalue weighted by molar-refractivity contribution is 6.30. The molecule has 30 heavy (non-hydrogen) atoms. The van der Waals surface area contributed by atoms with E-state index in [9.17, 15) is 4.39 Å². The SMILES string of the molecule is Fc1ccc(-c2nn(-c3ccccc3)cc2C2CC(c3ccc(Cl)cc3)=NN2)cc1. The highest BCUT2D eigenvalue weighted by Gasteiger charge is 2.26. The molecule has 0 saturated carbocycles. The Kier molecular flexibility index (Phi) is 4.81. The molecule has 2 heterocycles. The highest BCUT2D eigenvalue weighted by Crippen LogP contribution is 2.33. The van der Waals surface area contributed by atoms with Gasteiger partial charge in [-0.15, -0.1) is 0 Å². The summed E-state index contributed by atoms with van der Waals surface area (Å²) in [6.45, 7) is 0. The Morgan fingerprint density at radius 3 is 2.33 bits per heavy atom. The summed E-state index contributed by atoms with van der Waals surface area (Å²) >= 11 is 6.01. The number of benzene rings is 3. The molecule has 5 rings (SSSR count). The van der Waals surface area contributed by atoms with Crippen LogP contribution in [0.4, 0.5) is 4.39 Å². The largest absolute Gasteiger partial charge is 0.302 e. The van der Waals surface area contributed by atoms with Crippen molar-refractivity contribution in [2.75, 3.05) is 0 Å². The van der Waals surface area contributed by atoms with Crippen molar-refractivity contribution in [1.82, 2.24) is 15.2 Å². The van der Waals surface area contributed by atoms with Crippen LogP contribution in [-0.2, 0) is 0 Å². The fourth-order valence-electron chi connectivity index (χ4n) is 3.63. The zero-order valence-electron chi connectivity index (χ0n) is 16.0. The number of hydrogen-bond donors (Lipinski definition) is 1. The number of aromatic nitrogens is 2. The standard InChI is InChI=1S/C24H18ClFN4/c25-18-10-6-16(7-11-18)22-14-23(28-27-22)21-15-30(20-4-2-1-3-5-20)29-24(21)17-8-12-19(26)13-9-17/h1-13,15,23,28H,14H2. The fraction of sp³-hybridized carbons (Fsp3) is 0.0833. The van der Waals surface area contributed by atoms with Crippen LogP contribution in [-0.4, -0.2) is 15.5 Å². The van der Waals surface area contributed by atoms with Crippen molar-refractivity contribution >= 4 is 17.3 Å². The highest BCUT2D eigenvalue weighted by atomic mass is 35.5. The van der Waals surface area contributed by atoms with E-state index in [0.29, 0.717) is 5.02 Å². The summed E-state index contributed by atoms with van der Waals surface area (Å²) in [5.41, 5.74) is 8.90. The van der Waals surface area contributed by atoms with Gasteiger partial charge in [0, 0.05) is 28.8 Å². The topological polar surface area (TPSA) is 42.2 Å². The lowest BCUT2D eigenvalue weighted by Crippen LogP contribution is -2.10. The van der Waals surface area contributed by atoms with Gasteiger partial charge in [-0.2, -0.15) is 10.2 Å². The summed E-state index contributed by atoms with van der Waals surface area (Å²) in [7, 11) is 0. The van der Waals surface area contributed by atoms with Gasteiger partial charge < -0.3 is 5.43 Å². The third-order valence-corrected chi connectivity index (χ3v) is 5.44. The van der Waals surface area contributed by atoms with Crippen LogP contribution in [0.3, 0.4) is 0 Å². The molecule has 1 aliphatic heterocycles. The van der Waals surface area contributed by atoms with E-state index in [4.69, 9.17) is 16.7 Å². The van der Waals surface area contributed by atoms with Crippen molar-refractivity contribution in [2.45, 2.75) is 12.5 Å². The summed E-state index contributed by atoms with van der Waals surface area (Å²) in [6.07, 6.45) is 2.74. The number of hydrazone groups is 1. The number of hydrogen-bond acceptors (Lipinski definition) is 3. The Morgan fingerprint density at radius 2 is 1.60 bits per heavy atom. The van der Waals surface area contributed by atoms with Gasteiger partial charge in [0.15, 0.2) is 0 Å². The van der Waals surface area contributed by atoms with Crippen molar-refractivity contribution in [3.05, 3.63) is 107 Å². The van der Waals surface area contributed by atoms with Gasteiger partial charge in [-0.05, 0) is 54.1 Å². The molecule has 0 spiro atoms. The molecule has 4 nitrogen and oxygen atoms in total. The molecule has 0 saturated heterocycles. The number of rotatable bonds is 4. The number of para-hydroxylation sites is 1. The van der Waals surface area contributed by atoms with Gasteiger partial charge in [0.05, 0.1) is 23.1 Å². The van der Waals surface area contributed by atoms with E-state index in [0.717, 1.165) is 40.2 Å². The van der Waals surface area contributed by atoms with Crippen LogP contribution in [0.15, 0.2) is 90.2 Å². The summed E-state index contributed by atoms with van der Waals surface area (Å²) in [5, 5.41) is 10.1. The molecule has 0 aliphatic carbocycles. The van der Waals surface area contributed by atoms with Crippen LogP contribution in [0.2, 0.25) is 5.02 Å². The molecule has 1 atom stereocenters. The second-order valence-corrected chi connectivity index (χ2v) is 7.61. The molecule has 0 bridgehead atoms. The Labute approximate surface area is 178 Å². The van der Waals surface area contributed by atoms with E-state index in [-0.39, 0.29) is 11.9 Å². The fourth-order valence-corrected chi connectivity index (χ4v) is 3.76. The quantitative estimate of drug-likeness (QED) is 0.459. The predicted molar refractivity (Wildman–Crippen MR) is 117 cm³/mol. The Hall–Kier alpha value is -3.44. The van der Waals surface area contributed by atoms with Crippen molar-refractivity contribution in [3.63, 3.8) is 0 Å². The van der Waals surface area contributed by atoms with E-state index in [2.05, 4.69) is 10.5 Å². The van der Waals surface area contributed by atoms with Crippen molar-refractivity contribution in [3.8, 4) is 16.9 Å². The van der Waals surface area contributed by atoms with Gasteiger partial charge in [-0.25, -0.2) is 9.07 Å². The summed E-state index contributed by atoms with van der Waals surface area (Å²) < 4.78 is 15.3. The monoisotopic (exact) mass is 416 g/mol. The van der Waals surface area contributed by atoms with Crippen molar-refractivity contribution in [1.29, 1.82) is 0 Å². The van der Waals surface area contributed by atoms with Crippen LogP contribution < -0.4 is 5.43 Å². The van der Waals surface area contributed by atoms with Gasteiger partial charge in [0.25, 0.3) is 0 Å². The molecule has 6 heteroatoms. The first-order valence-electron chi connectivity index (χ1n) is 9.66. The number of nitrogens with one attached hydrogen (secondary N) is 1. The number of nitrogens with zero attached hydrogens (tertiary/aromatic N) is 3. The van der Waals surface area contributed by atoms with Crippen LogP contribution in [0.5, 0.6) is 0 Å². The lowest BCUT2D eigenvalue weighted by molar-refractivity contribution is 0.620. The Bertz CT molecular complexity index is 1200. The van der Waals surface area contributed by atoms with E-state index in [1.54, 1.807) is 12.1 Å². The molecule has 148 valence electrons. The van der Waals surface area contributed by atoms with Crippen LogP contribution in [0.1, 0.15) is 23.6 Å². The van der Waals surface area contributed by atoms with E-state index < -0.39 is 0 Å². The maximum atomic E-state index is 13.5. The smallest absolute Gasteiger partial charge is 0.123 e. The van der Waals surface area contributed by atoms with Crippen LogP contribution in [0, 0.1) is 5.82 Å². The lowest BCUT2D eigenvalue weighted by atomic mass is 9.97. The minimum absolute atomic E-state index is 0.0341. The molecular weight excluding hydrogens is 399 g/mol. The Balaban J connectivity index is 1.51. The summed E-state index contributed by atoms with van der Waals surface area (Å²) in [5.74, 6) is -0.268. The molecule has 3 aromatic carbocycles. The molecule has 1 aromatic heterocycles. The van der Waals surface area contributed by atoms with Gasteiger partial charge in [-0.1, -0.05) is 41.9 Å². The zero-order chi connectivity index (χ0) is 20.5. The minimum Gasteiger partial charge on any atom is -0.302 e. The second-order valence-electron chi connectivity index (χ2n) is 7.17. The first-order chi connectivity index (χ1) is 14.7. The summed E-state index contributed by atoms with van der Waals surface area (Å²) in [4.78, 5) is 0. The first-order valence-corrected chi connectivity index (χ1v) is 10.0. The minimum atomic E-state index is -0.268. The number of halogens is 2. The zero-order valence-corrected chi connectivity index (χ0v) is 16.7. The van der Waals surface area contributed by atoms with E-state index in [1.807, 2.05) is 65.5 Å². The second kappa shape index (κ2) is 7.76. The maximum Gasteiger partial charge on any atom is 0.123 e. The molecule has 4 aromatic rings. The van der Waals surface area contributed by atoms with Gasteiger partial charge in [0.1, 0.15) is 5.82 Å².